The molecule has 0 aliphatic heterocycles. The van der Waals surface area contributed by atoms with Crippen LogP contribution in [-0.4, -0.2) is 4.70 Å². The Morgan fingerprint density at radius 2 is 1.00 bits per heavy atom. The first kappa shape index (κ1) is 33.7. The van der Waals surface area contributed by atoms with Crippen molar-refractivity contribution in [2.45, 2.75) is 0 Å². The van der Waals surface area contributed by atoms with Crippen LogP contribution >= 0.6 is 70.3 Å². The van der Waals surface area contributed by atoms with Gasteiger partial charge in [0.25, 0.3) is 0 Å². The number of halogens is 5. The lowest BCUT2D eigenvalue weighted by molar-refractivity contribution is 0.275. The van der Waals surface area contributed by atoms with Crippen molar-refractivity contribution in [3.05, 3.63) is 0 Å². The van der Waals surface area contributed by atoms with Crippen LogP contribution in [0.25, 0.3) is 0 Å². The highest BCUT2D eigenvalue weighted by atomic mass is 35.5. The fourth-order valence-electron chi connectivity index (χ4n) is 0. The van der Waals surface area contributed by atoms with Crippen molar-refractivity contribution < 1.29 is 4.79 Å². The number of carbonyl (C=O) groups excluding carboxylic acids is 1. The molecule has 8 heavy (non-hydrogen) atoms. The van der Waals surface area contributed by atoms with E-state index in [-0.39, 0.29) is 47.1 Å². The van der Waals surface area contributed by atoms with Gasteiger partial charge in [-0.2, -0.15) is 0 Å². The summed E-state index contributed by atoms with van der Waals surface area (Å²) in [6.07, 6.45) is 0. The third-order valence-corrected chi connectivity index (χ3v) is 0. The Bertz CT molecular complexity index is 35.4. The normalized spacial score (nSPS) is 3.25. The zero-order chi connectivity index (χ0) is 3.58. The van der Waals surface area contributed by atoms with Crippen LogP contribution < -0.4 is 0 Å². The molecule has 0 unspecified atom stereocenters. The fourth-order valence-corrected chi connectivity index (χ4v) is 0. The molecule has 0 aliphatic rings. The summed E-state index contributed by atoms with van der Waals surface area (Å²) in [5, 5.41) is 0. The minimum Gasteiger partial charge on any atom is -0.262 e. The van der Waals surface area contributed by atoms with Crippen LogP contribution in [0.15, 0.2) is 0 Å². The van der Waals surface area contributed by atoms with E-state index >= 15 is 0 Å². The zero-order valence-corrected chi connectivity index (χ0v) is 8.19. The largest absolute Gasteiger partial charge is 0.313 e. The van der Waals surface area contributed by atoms with Crippen LogP contribution in [-0.2, 0) is 0 Å². The van der Waals surface area contributed by atoms with Crippen molar-refractivity contribution in [1.82, 2.24) is 0 Å². The molecule has 0 heterocycles. The Morgan fingerprint density at radius 1 is 1.00 bits per heavy atom. The minimum atomic E-state index is -0.889. The topological polar surface area (TPSA) is 17.1 Å². The predicted molar refractivity (Wildman–Crippen MR) is 45.8 cm³/mol. The lowest BCUT2D eigenvalue weighted by Gasteiger charge is -1.48. The maximum Gasteiger partial charge on any atom is 0.313 e. The highest BCUT2D eigenvalue weighted by Gasteiger charge is 1.72. The average Bonchev–Trinajstić information content (AvgIpc) is 0.811. The van der Waals surface area contributed by atoms with Gasteiger partial charge in [-0.1, -0.05) is 0 Å². The lowest BCUT2D eigenvalue weighted by Crippen LogP contribution is -1.46. The van der Waals surface area contributed by atoms with Gasteiger partial charge < -0.3 is 0 Å². The zero-order valence-electron chi connectivity index (χ0n) is 3.34. The monoisotopic (exact) mass is 237 g/mol. The predicted octanol–water partition coefficient (Wildman–Crippen LogP) is 3.71. The smallest absolute Gasteiger partial charge is 0.262 e. The Kier molecular flexibility index (Phi) is 99.2. The van der Waals surface area contributed by atoms with Gasteiger partial charge >= 0.3 is 4.70 Å². The summed E-state index contributed by atoms with van der Waals surface area (Å²) < 4.78 is -0.889. The second kappa shape index (κ2) is 23.5. The quantitative estimate of drug-likeness (QED) is 0.465. The lowest BCUT2D eigenvalue weighted by atomic mass is 11.8. The van der Waals surface area contributed by atoms with Crippen LogP contribution in [0, 0.1) is 0 Å². The molecule has 0 saturated heterocycles. The SMILES string of the molecule is Cl.Cl.Cl.O=C(Cl)Cl.[P]. The van der Waals surface area contributed by atoms with Crippen LogP contribution in [0.3, 0.4) is 0 Å². The van der Waals surface area contributed by atoms with Crippen molar-refractivity contribution in [2.75, 3.05) is 0 Å². The summed E-state index contributed by atoms with van der Waals surface area (Å²) in [5.74, 6) is 0. The van der Waals surface area contributed by atoms with Gasteiger partial charge in [0.1, 0.15) is 0 Å². The van der Waals surface area contributed by atoms with Gasteiger partial charge in [-0.25, -0.2) is 0 Å². The molecule has 1 nitrogen and oxygen atoms in total. The minimum absolute atomic E-state index is 0. The number of rotatable bonds is 0. The van der Waals surface area contributed by atoms with Gasteiger partial charge in [0.05, 0.1) is 0 Å². The summed E-state index contributed by atoms with van der Waals surface area (Å²) in [6, 6.07) is 0. The van der Waals surface area contributed by atoms with Crippen molar-refractivity contribution in [3.63, 3.8) is 0 Å². The molecule has 0 amide bonds. The molecule has 0 aromatic rings. The highest BCUT2D eigenvalue weighted by Crippen LogP contribution is 1.84. The third-order valence-electron chi connectivity index (χ3n) is 0. The first-order chi connectivity index (χ1) is 1.73. The number of carbonyl (C=O) groups is 1. The molecule has 0 fully saturated rings. The van der Waals surface area contributed by atoms with E-state index in [1.54, 1.807) is 0 Å². The summed E-state index contributed by atoms with van der Waals surface area (Å²) >= 11 is 8.80. The van der Waals surface area contributed by atoms with Crippen molar-refractivity contribution in [2.24, 2.45) is 0 Å². The maximum atomic E-state index is 8.98. The molecule has 0 aliphatic carbocycles. The van der Waals surface area contributed by atoms with Gasteiger partial charge in [0.15, 0.2) is 0 Å². The van der Waals surface area contributed by atoms with Crippen LogP contribution in [0.1, 0.15) is 0 Å². The first-order valence-electron chi connectivity index (χ1n) is 0.582. The van der Waals surface area contributed by atoms with Crippen molar-refractivity contribution >= 4 is 75.0 Å². The van der Waals surface area contributed by atoms with Crippen molar-refractivity contribution in [1.29, 1.82) is 0 Å². The molecule has 0 aromatic carbocycles. The molecule has 0 aromatic heterocycles. The molecule has 3 radical (unpaired) electrons. The van der Waals surface area contributed by atoms with E-state index < -0.39 is 4.70 Å². The summed E-state index contributed by atoms with van der Waals surface area (Å²) in [5.41, 5.74) is 0. The van der Waals surface area contributed by atoms with Gasteiger partial charge in [0, 0.05) is 9.90 Å². The van der Waals surface area contributed by atoms with E-state index in [1.165, 1.54) is 0 Å². The van der Waals surface area contributed by atoms with E-state index in [1.807, 2.05) is 0 Å². The molecule has 0 rings (SSSR count). The molecular formula is CH3Cl5OP. The van der Waals surface area contributed by atoms with Crippen molar-refractivity contribution in [3.8, 4) is 0 Å². The Labute approximate surface area is 79.7 Å². The van der Waals surface area contributed by atoms with Crippen LogP contribution in [0.4, 0.5) is 4.79 Å². The summed E-state index contributed by atoms with van der Waals surface area (Å²) in [6.45, 7) is 0. The van der Waals surface area contributed by atoms with E-state index in [9.17, 15) is 0 Å². The second-order valence-corrected chi connectivity index (χ2v) is 1.11. The van der Waals surface area contributed by atoms with Gasteiger partial charge in [-0.3, -0.25) is 4.79 Å². The molecule has 0 atom stereocenters. The molecule has 53 valence electrons. The van der Waals surface area contributed by atoms with Crippen LogP contribution in [0.2, 0.25) is 0 Å². The Hall–Kier alpha value is 1.55. The molecule has 0 spiro atoms. The van der Waals surface area contributed by atoms with Gasteiger partial charge in [0.2, 0.25) is 0 Å². The number of hydrogen-bond donors (Lipinski definition) is 0. The maximum absolute atomic E-state index is 8.98. The Balaban J connectivity index is -0.00000000750. The highest BCUT2D eigenvalue weighted by molar-refractivity contribution is 6.93. The summed E-state index contributed by atoms with van der Waals surface area (Å²) in [4.78, 5) is 8.98. The third kappa shape index (κ3) is 135. The molecule has 0 N–H and O–H groups in total. The van der Waals surface area contributed by atoms with E-state index in [0.29, 0.717) is 0 Å². The van der Waals surface area contributed by atoms with Gasteiger partial charge in [-0.05, 0) is 23.2 Å². The van der Waals surface area contributed by atoms with E-state index in [2.05, 4.69) is 23.2 Å². The molecule has 0 saturated carbocycles. The van der Waals surface area contributed by atoms with E-state index in [0.717, 1.165) is 0 Å². The van der Waals surface area contributed by atoms with Crippen LogP contribution in [0.5, 0.6) is 0 Å². The van der Waals surface area contributed by atoms with Gasteiger partial charge in [-0.15, -0.1) is 37.2 Å². The average molecular weight is 239 g/mol. The second-order valence-electron chi connectivity index (χ2n) is 0.226. The standard InChI is InChI=1S/CCl2O.3ClH.P/c2-1(3)4;;;;/h;3*1H;. The Morgan fingerprint density at radius 3 is 1.00 bits per heavy atom. The number of hydrogen-bond acceptors (Lipinski definition) is 1. The first-order valence-corrected chi connectivity index (χ1v) is 1.34. The molecule has 0 bridgehead atoms. The molecule has 7 heteroatoms. The molecular weight excluding hydrogens is 236 g/mol. The summed E-state index contributed by atoms with van der Waals surface area (Å²) in [7, 11) is 0. The fraction of sp³-hybridized carbons (Fsp3) is 0. The van der Waals surface area contributed by atoms with E-state index in [4.69, 9.17) is 4.79 Å².